The Morgan fingerprint density at radius 1 is 1.20 bits per heavy atom. The highest BCUT2D eigenvalue weighted by molar-refractivity contribution is 6.33. The molecule has 0 spiro atoms. The van der Waals surface area contributed by atoms with Crippen molar-refractivity contribution in [2.45, 2.75) is 6.92 Å². The van der Waals surface area contributed by atoms with E-state index >= 15 is 0 Å². The molecule has 0 radical (unpaired) electrons. The first-order valence-corrected chi connectivity index (χ1v) is 6.46. The molecular formula is C15H12ClN3O. The lowest BCUT2D eigenvalue weighted by Crippen LogP contribution is -1.90. The molecule has 20 heavy (non-hydrogen) atoms. The molecule has 0 unspecified atom stereocenters. The molecule has 0 saturated heterocycles. The first kappa shape index (κ1) is 12.7. The number of halogens is 1. The van der Waals surface area contributed by atoms with Crippen molar-refractivity contribution in [3.63, 3.8) is 0 Å². The zero-order valence-electron chi connectivity index (χ0n) is 10.8. The molecule has 0 amide bonds. The molecule has 0 atom stereocenters. The van der Waals surface area contributed by atoms with Crippen molar-refractivity contribution in [3.05, 3.63) is 53.3 Å². The summed E-state index contributed by atoms with van der Waals surface area (Å²) in [6.07, 6.45) is 3.49. The maximum absolute atomic E-state index is 6.24. The van der Waals surface area contributed by atoms with E-state index in [1.54, 1.807) is 12.4 Å². The number of nitrogen functional groups attached to an aromatic ring is 1. The second kappa shape index (κ2) is 4.98. The number of hydrogen-bond donors (Lipinski definition) is 1. The fourth-order valence-electron chi connectivity index (χ4n) is 2.10. The molecule has 3 rings (SSSR count). The molecular weight excluding hydrogens is 274 g/mol. The minimum atomic E-state index is 0.314. The van der Waals surface area contributed by atoms with Gasteiger partial charge in [0.2, 0.25) is 0 Å². The van der Waals surface area contributed by atoms with E-state index in [4.69, 9.17) is 21.9 Å². The van der Waals surface area contributed by atoms with Crippen molar-refractivity contribution in [1.82, 2.24) is 10.1 Å². The first-order chi connectivity index (χ1) is 9.66. The van der Waals surface area contributed by atoms with Gasteiger partial charge in [-0.2, -0.15) is 0 Å². The second-order valence-electron chi connectivity index (χ2n) is 4.50. The van der Waals surface area contributed by atoms with Gasteiger partial charge in [0.05, 0.1) is 5.56 Å². The van der Waals surface area contributed by atoms with Gasteiger partial charge in [-0.1, -0.05) is 35.0 Å². The molecule has 0 bridgehead atoms. The Morgan fingerprint density at radius 3 is 2.75 bits per heavy atom. The SMILES string of the molecule is Cc1cncc(-c2onc(N)c2-c2ccccc2Cl)c1. The van der Waals surface area contributed by atoms with Gasteiger partial charge in [0.1, 0.15) is 0 Å². The fraction of sp³-hybridized carbons (Fsp3) is 0.0667. The third kappa shape index (κ3) is 2.14. The second-order valence-corrected chi connectivity index (χ2v) is 4.91. The molecule has 0 aliphatic carbocycles. The van der Waals surface area contributed by atoms with E-state index in [0.717, 1.165) is 16.7 Å². The number of pyridine rings is 1. The van der Waals surface area contributed by atoms with Crippen LogP contribution in [0.5, 0.6) is 0 Å². The number of nitrogens with two attached hydrogens (primary N) is 1. The zero-order valence-corrected chi connectivity index (χ0v) is 11.6. The summed E-state index contributed by atoms with van der Waals surface area (Å²) in [6, 6.07) is 9.42. The summed E-state index contributed by atoms with van der Waals surface area (Å²) in [6.45, 7) is 1.96. The number of aryl methyl sites for hydroxylation is 1. The Labute approximate surface area is 121 Å². The van der Waals surface area contributed by atoms with Gasteiger partial charge in [-0.15, -0.1) is 0 Å². The Morgan fingerprint density at radius 2 is 2.00 bits per heavy atom. The predicted molar refractivity (Wildman–Crippen MR) is 79.3 cm³/mol. The number of nitrogens with zero attached hydrogens (tertiary/aromatic N) is 2. The number of aromatic nitrogens is 2. The smallest absolute Gasteiger partial charge is 0.178 e. The Kier molecular flexibility index (Phi) is 3.16. The van der Waals surface area contributed by atoms with Crippen LogP contribution in [0.2, 0.25) is 5.02 Å². The number of benzene rings is 1. The van der Waals surface area contributed by atoms with Crippen LogP contribution in [0, 0.1) is 6.92 Å². The molecule has 0 fully saturated rings. The molecule has 0 aliphatic rings. The third-order valence-electron chi connectivity index (χ3n) is 3.00. The molecule has 2 N–H and O–H groups in total. The van der Waals surface area contributed by atoms with Crippen molar-refractivity contribution in [2.75, 3.05) is 5.73 Å². The maximum Gasteiger partial charge on any atom is 0.178 e. The number of rotatable bonds is 2. The molecule has 1 aromatic carbocycles. The van der Waals surface area contributed by atoms with Gasteiger partial charge in [-0.3, -0.25) is 4.98 Å². The van der Waals surface area contributed by atoms with Crippen LogP contribution in [-0.2, 0) is 0 Å². The molecule has 0 aliphatic heterocycles. The van der Waals surface area contributed by atoms with Gasteiger partial charge in [0.25, 0.3) is 0 Å². The van der Waals surface area contributed by atoms with Gasteiger partial charge in [0, 0.05) is 28.5 Å². The average Bonchev–Trinajstić information content (AvgIpc) is 2.81. The summed E-state index contributed by atoms with van der Waals surface area (Å²) < 4.78 is 5.37. The monoisotopic (exact) mass is 285 g/mol. The molecule has 100 valence electrons. The highest BCUT2D eigenvalue weighted by Crippen LogP contribution is 2.39. The first-order valence-electron chi connectivity index (χ1n) is 6.09. The summed E-state index contributed by atoms with van der Waals surface area (Å²) in [4.78, 5) is 4.17. The maximum atomic E-state index is 6.24. The summed E-state index contributed by atoms with van der Waals surface area (Å²) in [5, 5.41) is 4.46. The summed E-state index contributed by atoms with van der Waals surface area (Å²) in [5.74, 6) is 0.890. The van der Waals surface area contributed by atoms with E-state index in [-0.39, 0.29) is 0 Å². The van der Waals surface area contributed by atoms with E-state index in [0.29, 0.717) is 22.2 Å². The fourth-order valence-corrected chi connectivity index (χ4v) is 2.33. The molecule has 2 heterocycles. The van der Waals surface area contributed by atoms with Crippen LogP contribution in [0.1, 0.15) is 5.56 Å². The molecule has 2 aromatic heterocycles. The Balaban J connectivity index is 2.23. The van der Waals surface area contributed by atoms with Crippen LogP contribution in [0.25, 0.3) is 22.5 Å². The molecule has 5 heteroatoms. The van der Waals surface area contributed by atoms with Crippen LogP contribution < -0.4 is 5.73 Å². The summed E-state index contributed by atoms with van der Waals surface area (Å²) in [5.41, 5.74) is 9.28. The van der Waals surface area contributed by atoms with E-state index in [1.807, 2.05) is 37.3 Å². The van der Waals surface area contributed by atoms with Crippen molar-refractivity contribution in [3.8, 4) is 22.5 Å². The highest BCUT2D eigenvalue weighted by atomic mass is 35.5. The van der Waals surface area contributed by atoms with Crippen molar-refractivity contribution < 1.29 is 4.52 Å². The summed E-state index contributed by atoms with van der Waals surface area (Å²) >= 11 is 6.24. The molecule has 0 saturated carbocycles. The lowest BCUT2D eigenvalue weighted by molar-refractivity contribution is 0.436. The van der Waals surface area contributed by atoms with Gasteiger partial charge in [0.15, 0.2) is 11.6 Å². The third-order valence-corrected chi connectivity index (χ3v) is 3.33. The van der Waals surface area contributed by atoms with E-state index < -0.39 is 0 Å². The number of hydrogen-bond acceptors (Lipinski definition) is 4. The molecule has 4 nitrogen and oxygen atoms in total. The van der Waals surface area contributed by atoms with Gasteiger partial charge < -0.3 is 10.3 Å². The molecule has 3 aromatic rings. The van der Waals surface area contributed by atoms with E-state index in [2.05, 4.69) is 10.1 Å². The van der Waals surface area contributed by atoms with Crippen LogP contribution in [0.3, 0.4) is 0 Å². The number of anilines is 1. The van der Waals surface area contributed by atoms with Gasteiger partial charge in [-0.05, 0) is 24.6 Å². The van der Waals surface area contributed by atoms with Crippen LogP contribution in [0.4, 0.5) is 5.82 Å². The van der Waals surface area contributed by atoms with Crippen molar-refractivity contribution >= 4 is 17.4 Å². The lowest BCUT2D eigenvalue weighted by atomic mass is 10.0. The van der Waals surface area contributed by atoms with E-state index in [9.17, 15) is 0 Å². The highest BCUT2D eigenvalue weighted by Gasteiger charge is 2.19. The van der Waals surface area contributed by atoms with Crippen LogP contribution >= 0.6 is 11.6 Å². The normalized spacial score (nSPS) is 10.7. The minimum Gasteiger partial charge on any atom is -0.380 e. The van der Waals surface area contributed by atoms with Gasteiger partial charge in [-0.25, -0.2) is 0 Å². The summed E-state index contributed by atoms with van der Waals surface area (Å²) in [7, 11) is 0. The average molecular weight is 286 g/mol. The quantitative estimate of drug-likeness (QED) is 0.774. The van der Waals surface area contributed by atoms with Crippen LogP contribution in [0.15, 0.2) is 47.2 Å². The topological polar surface area (TPSA) is 64.9 Å². The van der Waals surface area contributed by atoms with Gasteiger partial charge >= 0.3 is 0 Å². The Hall–Kier alpha value is -2.33. The lowest BCUT2D eigenvalue weighted by Gasteiger charge is -2.05. The van der Waals surface area contributed by atoms with E-state index in [1.165, 1.54) is 0 Å². The zero-order chi connectivity index (χ0) is 14.1. The van der Waals surface area contributed by atoms with Crippen molar-refractivity contribution in [1.29, 1.82) is 0 Å². The van der Waals surface area contributed by atoms with Crippen LogP contribution in [-0.4, -0.2) is 10.1 Å². The Bertz CT molecular complexity index is 767. The standard InChI is InChI=1S/C15H12ClN3O/c1-9-6-10(8-18-7-9)14-13(15(17)19-20-14)11-4-2-3-5-12(11)16/h2-8H,1H3,(H2,17,19). The minimum absolute atomic E-state index is 0.314. The van der Waals surface area contributed by atoms with Crippen molar-refractivity contribution in [2.24, 2.45) is 0 Å². The predicted octanol–water partition coefficient (Wildman–Crippen LogP) is 3.95. The largest absolute Gasteiger partial charge is 0.380 e.